The first-order valence-corrected chi connectivity index (χ1v) is 6.72. The number of rotatable bonds is 12. The maximum absolute atomic E-state index is 11.3. The highest BCUT2D eigenvalue weighted by atomic mass is 16.6. The van der Waals surface area contributed by atoms with Gasteiger partial charge in [0.25, 0.3) is 0 Å². The van der Waals surface area contributed by atoms with Gasteiger partial charge >= 0.3 is 5.97 Å². The van der Waals surface area contributed by atoms with Crippen LogP contribution >= 0.6 is 0 Å². The lowest BCUT2D eigenvalue weighted by atomic mass is 10.2. The number of nitrogens with two attached hydrogens (primary N) is 1. The fourth-order valence-corrected chi connectivity index (χ4v) is 1.20. The summed E-state index contributed by atoms with van der Waals surface area (Å²) in [6.45, 7) is 8.54. The molecule has 0 rings (SSSR count). The Morgan fingerprint density at radius 2 is 1.30 bits per heavy atom. The molecule has 7 heteroatoms. The molecule has 0 unspecified atom stereocenters. The first-order valence-electron chi connectivity index (χ1n) is 6.72. The third-order valence-corrected chi connectivity index (χ3v) is 1.96. The Hall–Kier alpha value is -0.730. The van der Waals surface area contributed by atoms with E-state index >= 15 is 0 Å². The predicted octanol–water partition coefficient (Wildman–Crippen LogP) is 0.658. The molecule has 0 aliphatic rings. The van der Waals surface area contributed by atoms with Gasteiger partial charge in [0.2, 0.25) is 0 Å². The monoisotopic (exact) mass is 293 g/mol. The molecule has 0 fully saturated rings. The standard InChI is InChI=1S/C13H27NO6/c1-13(2,3)20-12(15)4-5-16-6-7-17-8-9-18-10-11-19-14/h4-11,14H2,1-3H3. The van der Waals surface area contributed by atoms with E-state index in [1.807, 2.05) is 20.8 Å². The molecule has 0 saturated heterocycles. The van der Waals surface area contributed by atoms with Crippen molar-refractivity contribution in [3.05, 3.63) is 0 Å². The second kappa shape index (κ2) is 12.0. The van der Waals surface area contributed by atoms with Crippen LogP contribution in [-0.2, 0) is 28.6 Å². The zero-order valence-corrected chi connectivity index (χ0v) is 12.7. The number of ether oxygens (including phenoxy) is 4. The van der Waals surface area contributed by atoms with Crippen LogP contribution in [-0.4, -0.2) is 57.8 Å². The number of hydrogen-bond acceptors (Lipinski definition) is 7. The predicted molar refractivity (Wildman–Crippen MR) is 73.1 cm³/mol. The molecule has 0 saturated carbocycles. The summed E-state index contributed by atoms with van der Waals surface area (Å²) >= 11 is 0. The molecule has 0 aromatic carbocycles. The van der Waals surface area contributed by atoms with Gasteiger partial charge in [0, 0.05) is 0 Å². The Kier molecular flexibility index (Phi) is 11.6. The van der Waals surface area contributed by atoms with Crippen LogP contribution in [0.3, 0.4) is 0 Å². The van der Waals surface area contributed by atoms with Crippen molar-refractivity contribution in [1.29, 1.82) is 0 Å². The van der Waals surface area contributed by atoms with Gasteiger partial charge < -0.3 is 23.8 Å². The van der Waals surface area contributed by atoms with Crippen molar-refractivity contribution in [3.63, 3.8) is 0 Å². The van der Waals surface area contributed by atoms with Gasteiger partial charge in [-0.2, -0.15) is 0 Å². The zero-order chi connectivity index (χ0) is 15.3. The number of carbonyl (C=O) groups excluding carboxylic acids is 1. The molecule has 7 nitrogen and oxygen atoms in total. The summed E-state index contributed by atoms with van der Waals surface area (Å²) < 4.78 is 20.8. The van der Waals surface area contributed by atoms with Gasteiger partial charge in [-0.15, -0.1) is 0 Å². The average molecular weight is 293 g/mol. The molecule has 2 N–H and O–H groups in total. The summed E-state index contributed by atoms with van der Waals surface area (Å²) in [5.74, 6) is 4.58. The number of carbonyl (C=O) groups is 1. The van der Waals surface area contributed by atoms with Gasteiger partial charge in [-0.1, -0.05) is 0 Å². The van der Waals surface area contributed by atoms with Gasteiger partial charge in [0.1, 0.15) is 5.60 Å². The number of hydrogen-bond donors (Lipinski definition) is 1. The molecule has 0 amide bonds. The van der Waals surface area contributed by atoms with Gasteiger partial charge in [-0.3, -0.25) is 4.79 Å². The summed E-state index contributed by atoms with van der Waals surface area (Å²) in [5, 5.41) is 0. The van der Waals surface area contributed by atoms with Crippen LogP contribution in [0.5, 0.6) is 0 Å². The van der Waals surface area contributed by atoms with Crippen LogP contribution in [0.4, 0.5) is 0 Å². The van der Waals surface area contributed by atoms with E-state index in [0.29, 0.717) is 46.2 Å². The molecule has 0 spiro atoms. The van der Waals surface area contributed by atoms with Crippen LogP contribution in [0.1, 0.15) is 27.2 Å². The van der Waals surface area contributed by atoms with E-state index in [-0.39, 0.29) is 12.4 Å². The topological polar surface area (TPSA) is 89.2 Å². The summed E-state index contributed by atoms with van der Waals surface area (Å²) in [6.07, 6.45) is 0.249. The largest absolute Gasteiger partial charge is 0.460 e. The van der Waals surface area contributed by atoms with Gasteiger partial charge in [-0.25, -0.2) is 5.90 Å². The molecular formula is C13H27NO6. The molecule has 0 bridgehead atoms. The summed E-state index contributed by atoms with van der Waals surface area (Å²) in [7, 11) is 0. The van der Waals surface area contributed by atoms with Crippen LogP contribution in [0.2, 0.25) is 0 Å². The minimum atomic E-state index is -0.449. The van der Waals surface area contributed by atoms with E-state index in [0.717, 1.165) is 0 Å². The highest BCUT2D eigenvalue weighted by Crippen LogP contribution is 2.07. The number of esters is 1. The molecule has 0 radical (unpaired) electrons. The highest BCUT2D eigenvalue weighted by Gasteiger charge is 2.15. The molecule has 120 valence electrons. The Bertz CT molecular complexity index is 242. The second-order valence-corrected chi connectivity index (χ2v) is 5.04. The fourth-order valence-electron chi connectivity index (χ4n) is 1.20. The van der Waals surface area contributed by atoms with Gasteiger partial charge in [0.05, 0.1) is 52.7 Å². The lowest BCUT2D eigenvalue weighted by molar-refractivity contribution is -0.156. The highest BCUT2D eigenvalue weighted by molar-refractivity contribution is 5.69. The molecule has 0 aromatic rings. The Balaban J connectivity index is 3.19. The second-order valence-electron chi connectivity index (χ2n) is 5.04. The van der Waals surface area contributed by atoms with E-state index in [9.17, 15) is 4.79 Å². The maximum Gasteiger partial charge on any atom is 0.308 e. The summed E-state index contributed by atoms with van der Waals surface area (Å²) in [4.78, 5) is 15.7. The van der Waals surface area contributed by atoms with Crippen molar-refractivity contribution < 1.29 is 28.6 Å². The molecule has 0 aliphatic carbocycles. The minimum absolute atomic E-state index is 0.249. The van der Waals surface area contributed by atoms with E-state index in [2.05, 4.69) is 4.84 Å². The van der Waals surface area contributed by atoms with Gasteiger partial charge in [0.15, 0.2) is 0 Å². The third-order valence-electron chi connectivity index (χ3n) is 1.96. The van der Waals surface area contributed by atoms with Crippen LogP contribution in [0.25, 0.3) is 0 Å². The quantitative estimate of drug-likeness (QED) is 0.321. The van der Waals surface area contributed by atoms with E-state index in [4.69, 9.17) is 24.8 Å². The average Bonchev–Trinajstić information content (AvgIpc) is 2.34. The smallest absolute Gasteiger partial charge is 0.308 e. The Labute approximate surface area is 120 Å². The van der Waals surface area contributed by atoms with Crippen molar-refractivity contribution in [2.75, 3.05) is 46.2 Å². The van der Waals surface area contributed by atoms with E-state index in [1.54, 1.807) is 0 Å². The Morgan fingerprint density at radius 1 is 0.850 bits per heavy atom. The summed E-state index contributed by atoms with van der Waals surface area (Å²) in [5.41, 5.74) is -0.449. The van der Waals surface area contributed by atoms with Crippen LogP contribution in [0.15, 0.2) is 0 Å². The Morgan fingerprint density at radius 3 is 1.75 bits per heavy atom. The zero-order valence-electron chi connectivity index (χ0n) is 12.7. The molecular weight excluding hydrogens is 266 g/mol. The van der Waals surface area contributed by atoms with Crippen molar-refractivity contribution >= 4 is 5.97 Å². The first-order chi connectivity index (χ1) is 9.45. The van der Waals surface area contributed by atoms with Crippen molar-refractivity contribution in [1.82, 2.24) is 0 Å². The first kappa shape index (κ1) is 19.3. The molecule has 20 heavy (non-hydrogen) atoms. The van der Waals surface area contributed by atoms with Crippen molar-refractivity contribution in [2.45, 2.75) is 32.8 Å². The van der Waals surface area contributed by atoms with Crippen LogP contribution < -0.4 is 5.90 Å². The minimum Gasteiger partial charge on any atom is -0.460 e. The molecule has 0 heterocycles. The van der Waals surface area contributed by atoms with E-state index < -0.39 is 5.60 Å². The van der Waals surface area contributed by atoms with E-state index in [1.165, 1.54) is 0 Å². The maximum atomic E-state index is 11.3. The molecule has 0 atom stereocenters. The SMILES string of the molecule is CC(C)(C)OC(=O)CCOCCOCCOCCON. The van der Waals surface area contributed by atoms with Crippen molar-refractivity contribution in [2.24, 2.45) is 5.90 Å². The van der Waals surface area contributed by atoms with Gasteiger partial charge in [-0.05, 0) is 20.8 Å². The third kappa shape index (κ3) is 15.3. The summed E-state index contributed by atoms with van der Waals surface area (Å²) in [6, 6.07) is 0. The lowest BCUT2D eigenvalue weighted by Gasteiger charge is -2.19. The van der Waals surface area contributed by atoms with Crippen molar-refractivity contribution in [3.8, 4) is 0 Å². The van der Waals surface area contributed by atoms with Crippen LogP contribution in [0, 0.1) is 0 Å². The molecule has 0 aliphatic heterocycles. The normalized spacial score (nSPS) is 11.6. The lowest BCUT2D eigenvalue weighted by Crippen LogP contribution is -2.24. The molecule has 0 aromatic heterocycles. The fraction of sp³-hybridized carbons (Fsp3) is 0.923.